The van der Waals surface area contributed by atoms with Crippen molar-refractivity contribution in [3.63, 3.8) is 0 Å². The molecular weight excluding hydrogens is 418 g/mol. The summed E-state index contributed by atoms with van der Waals surface area (Å²) in [5.41, 5.74) is 1.37. The Balaban J connectivity index is 1.58. The number of epoxide rings is 1. The van der Waals surface area contributed by atoms with Gasteiger partial charge in [-0.15, -0.1) is 0 Å². The van der Waals surface area contributed by atoms with Crippen molar-refractivity contribution in [2.45, 2.75) is 52.2 Å². The largest absolute Gasteiger partial charge is 0.508 e. The van der Waals surface area contributed by atoms with Crippen molar-refractivity contribution in [2.75, 3.05) is 0 Å². The number of benzene rings is 1. The van der Waals surface area contributed by atoms with E-state index < -0.39 is 11.5 Å². The fourth-order valence-electron chi connectivity index (χ4n) is 6.28. The Hall–Kier alpha value is -2.86. The van der Waals surface area contributed by atoms with Crippen molar-refractivity contribution in [3.05, 3.63) is 58.0 Å². The molecule has 1 unspecified atom stereocenters. The van der Waals surface area contributed by atoms with Gasteiger partial charge in [0.05, 0.1) is 12.2 Å². The number of aromatic nitrogens is 1. The summed E-state index contributed by atoms with van der Waals surface area (Å²) in [7, 11) is 0. The molecule has 1 aromatic heterocycles. The van der Waals surface area contributed by atoms with Crippen LogP contribution in [0.5, 0.6) is 11.5 Å². The number of H-pyrrole nitrogens is 1. The number of ether oxygens (including phenoxy) is 1. The molecule has 0 amide bonds. The Labute approximate surface area is 193 Å². The molecule has 6 heteroatoms. The Bertz CT molecular complexity index is 1160. The van der Waals surface area contributed by atoms with Gasteiger partial charge in [-0.2, -0.15) is 0 Å². The van der Waals surface area contributed by atoms with Crippen LogP contribution in [0.3, 0.4) is 0 Å². The van der Waals surface area contributed by atoms with E-state index in [0.717, 1.165) is 12.8 Å². The molecule has 0 spiro atoms. The highest BCUT2D eigenvalue weighted by Gasteiger charge is 2.54. The number of rotatable bonds is 4. The molecule has 3 N–H and O–H groups in total. The van der Waals surface area contributed by atoms with Crippen LogP contribution in [0.4, 0.5) is 0 Å². The molecule has 2 fully saturated rings. The lowest BCUT2D eigenvalue weighted by Crippen LogP contribution is -2.44. The zero-order chi connectivity index (χ0) is 23.4. The van der Waals surface area contributed by atoms with Crippen molar-refractivity contribution in [2.24, 2.45) is 29.6 Å². The number of aromatic hydroxyl groups is 2. The maximum absolute atomic E-state index is 13.9. The van der Waals surface area contributed by atoms with Gasteiger partial charge in [-0.3, -0.25) is 9.59 Å². The van der Waals surface area contributed by atoms with Gasteiger partial charge in [-0.1, -0.05) is 37.1 Å². The summed E-state index contributed by atoms with van der Waals surface area (Å²) in [6.07, 6.45) is 6.90. The fourth-order valence-corrected chi connectivity index (χ4v) is 6.28. The van der Waals surface area contributed by atoms with Crippen LogP contribution in [0.25, 0.3) is 11.1 Å². The topological polar surface area (TPSA) is 103 Å². The molecule has 1 aromatic carbocycles. The zero-order valence-electron chi connectivity index (χ0n) is 19.2. The Morgan fingerprint density at radius 1 is 1.12 bits per heavy atom. The molecule has 0 bridgehead atoms. The molecule has 1 aliphatic heterocycles. The summed E-state index contributed by atoms with van der Waals surface area (Å²) in [5.74, 6) is 0.305. The molecule has 174 valence electrons. The highest BCUT2D eigenvalue weighted by molar-refractivity contribution is 6.03. The third-order valence-electron chi connectivity index (χ3n) is 8.03. The predicted molar refractivity (Wildman–Crippen MR) is 125 cm³/mol. The lowest BCUT2D eigenvalue weighted by molar-refractivity contribution is 0.0631. The van der Waals surface area contributed by atoms with Crippen LogP contribution in [0.15, 0.2) is 46.9 Å². The number of carbonyl (C=O) groups excluding carboxylic acids is 1. The van der Waals surface area contributed by atoms with Crippen molar-refractivity contribution in [3.8, 4) is 22.6 Å². The lowest BCUT2D eigenvalue weighted by atomic mass is 9.58. The third kappa shape index (κ3) is 3.80. The van der Waals surface area contributed by atoms with Gasteiger partial charge in [0.15, 0.2) is 5.78 Å². The summed E-state index contributed by atoms with van der Waals surface area (Å²) in [5, 5.41) is 20.7. The molecule has 0 radical (unpaired) electrons. The van der Waals surface area contributed by atoms with Gasteiger partial charge in [-0.05, 0) is 62.1 Å². The predicted octanol–water partition coefficient (Wildman–Crippen LogP) is 4.67. The first-order valence-electron chi connectivity index (χ1n) is 11.9. The minimum absolute atomic E-state index is 0.0000727. The van der Waals surface area contributed by atoms with E-state index in [0.29, 0.717) is 28.9 Å². The van der Waals surface area contributed by atoms with Gasteiger partial charge in [0.25, 0.3) is 5.56 Å². The van der Waals surface area contributed by atoms with Crippen molar-refractivity contribution < 1.29 is 19.7 Å². The molecule has 3 aliphatic rings. The molecule has 33 heavy (non-hydrogen) atoms. The number of hydrogen-bond acceptors (Lipinski definition) is 5. The van der Waals surface area contributed by atoms with Crippen molar-refractivity contribution >= 4 is 5.78 Å². The molecule has 7 atom stereocenters. The molecule has 6 nitrogen and oxygen atoms in total. The second-order valence-electron chi connectivity index (χ2n) is 10.2. The van der Waals surface area contributed by atoms with Crippen LogP contribution in [-0.4, -0.2) is 33.2 Å². The highest BCUT2D eigenvalue weighted by atomic mass is 16.6. The van der Waals surface area contributed by atoms with E-state index in [9.17, 15) is 19.8 Å². The standard InChI is InChI=1S/C27H31NO5/c1-13-4-9-18-14(2)11-20(22(19(18)10-13)26-15(3)33-26)24(30)23-25(31)21(12-28-27(23)32)16-5-7-17(29)8-6-16/h5-8,11-13,15,18-20,22,26,29H,4,9-10H2,1-3H3,(H2,28,31,32)/t13-,15?,18+,19-,20+,22+,26+/m0/s1. The van der Waals surface area contributed by atoms with Gasteiger partial charge in [0.1, 0.15) is 17.1 Å². The number of ketones is 1. The van der Waals surface area contributed by atoms with Crippen LogP contribution in [0.2, 0.25) is 0 Å². The van der Waals surface area contributed by atoms with E-state index in [2.05, 4.69) is 18.8 Å². The van der Waals surface area contributed by atoms with Crippen molar-refractivity contribution in [1.82, 2.24) is 4.98 Å². The van der Waals surface area contributed by atoms with E-state index in [1.54, 1.807) is 12.1 Å². The second-order valence-corrected chi connectivity index (χ2v) is 10.2. The number of nitrogens with one attached hydrogen (secondary N) is 1. The van der Waals surface area contributed by atoms with Gasteiger partial charge in [-0.25, -0.2) is 0 Å². The molecular formula is C27H31NO5. The molecule has 2 heterocycles. The SMILES string of the molecule is CC1=C[C@@H](C(=O)c2c(O)c(-c3ccc(O)cc3)c[nH]c2=O)[C@H]([C@@H]2OC2C)[C@H]2C[C@@H](C)CC[C@H]12. The van der Waals surface area contributed by atoms with E-state index in [1.165, 1.54) is 30.3 Å². The molecule has 2 aromatic rings. The number of aromatic amines is 1. The normalized spacial score (nSPS) is 33.2. The summed E-state index contributed by atoms with van der Waals surface area (Å²) in [6, 6.07) is 6.28. The average molecular weight is 450 g/mol. The first-order valence-corrected chi connectivity index (χ1v) is 11.9. The van der Waals surface area contributed by atoms with E-state index in [4.69, 9.17) is 4.74 Å². The Kier molecular flexibility index (Phi) is 5.44. The van der Waals surface area contributed by atoms with Gasteiger partial charge in [0.2, 0.25) is 0 Å². The monoisotopic (exact) mass is 449 g/mol. The number of allylic oxidation sites excluding steroid dienone is 2. The van der Waals surface area contributed by atoms with Gasteiger partial charge < -0.3 is 19.9 Å². The Morgan fingerprint density at radius 2 is 1.82 bits per heavy atom. The first kappa shape index (κ1) is 22.0. The van der Waals surface area contributed by atoms with Crippen LogP contribution >= 0.6 is 0 Å². The number of phenolic OH excluding ortho intramolecular Hbond substituents is 1. The van der Waals surface area contributed by atoms with Gasteiger partial charge in [0, 0.05) is 23.6 Å². The maximum atomic E-state index is 13.9. The zero-order valence-corrected chi connectivity index (χ0v) is 19.2. The summed E-state index contributed by atoms with van der Waals surface area (Å²) < 4.78 is 5.90. The summed E-state index contributed by atoms with van der Waals surface area (Å²) in [4.78, 5) is 29.4. The number of carbonyl (C=O) groups is 1. The maximum Gasteiger partial charge on any atom is 0.262 e. The van der Waals surface area contributed by atoms with Crippen LogP contribution in [0.1, 0.15) is 50.4 Å². The number of hydrogen-bond donors (Lipinski definition) is 3. The van der Waals surface area contributed by atoms with Gasteiger partial charge >= 0.3 is 0 Å². The third-order valence-corrected chi connectivity index (χ3v) is 8.03. The minimum atomic E-state index is -0.589. The second kappa shape index (κ2) is 8.17. The lowest BCUT2D eigenvalue weighted by Gasteiger charge is -2.45. The quantitative estimate of drug-likeness (QED) is 0.358. The van der Waals surface area contributed by atoms with Crippen LogP contribution < -0.4 is 5.56 Å². The highest BCUT2D eigenvalue weighted by Crippen LogP contribution is 2.53. The van der Waals surface area contributed by atoms with E-state index in [1.807, 2.05) is 13.0 Å². The van der Waals surface area contributed by atoms with Crippen LogP contribution in [-0.2, 0) is 4.74 Å². The number of phenols is 1. The smallest absolute Gasteiger partial charge is 0.262 e. The summed E-state index contributed by atoms with van der Waals surface area (Å²) in [6.45, 7) is 6.40. The molecule has 2 aliphatic carbocycles. The van der Waals surface area contributed by atoms with Crippen LogP contribution in [0, 0.1) is 29.6 Å². The fraction of sp³-hybridized carbons (Fsp3) is 0.481. The molecule has 1 saturated heterocycles. The number of fused-ring (bicyclic) bond motifs is 1. The Morgan fingerprint density at radius 3 is 2.48 bits per heavy atom. The number of pyridine rings is 1. The molecule has 5 rings (SSSR count). The average Bonchev–Trinajstić information content (AvgIpc) is 3.50. The number of Topliss-reactive ketones (excluding diaryl/α,β-unsaturated/α-hetero) is 1. The van der Waals surface area contributed by atoms with E-state index >= 15 is 0 Å². The van der Waals surface area contributed by atoms with E-state index in [-0.39, 0.29) is 41.0 Å². The molecule has 1 saturated carbocycles. The summed E-state index contributed by atoms with van der Waals surface area (Å²) >= 11 is 0. The first-order chi connectivity index (χ1) is 15.8. The minimum Gasteiger partial charge on any atom is -0.508 e. The van der Waals surface area contributed by atoms with Crippen molar-refractivity contribution in [1.29, 1.82) is 0 Å².